The zero-order valence-corrected chi connectivity index (χ0v) is 11.4. The average Bonchev–Trinajstić information content (AvgIpc) is 2.27. The van der Waals surface area contributed by atoms with Crippen LogP contribution >= 0.6 is 0 Å². The molecule has 0 saturated heterocycles. The fourth-order valence-electron chi connectivity index (χ4n) is 1.80. The van der Waals surface area contributed by atoms with E-state index in [0.717, 1.165) is 0 Å². The predicted octanol–water partition coefficient (Wildman–Crippen LogP) is 2.20. The average molecular weight is 238 g/mol. The van der Waals surface area contributed by atoms with E-state index in [1.807, 2.05) is 7.05 Å². The molecule has 0 aromatic carbocycles. The van der Waals surface area contributed by atoms with E-state index >= 15 is 0 Å². The summed E-state index contributed by atoms with van der Waals surface area (Å²) in [6.45, 7) is 12.7. The molecule has 0 aromatic rings. The number of allylic oxidation sites excluding steroid dienone is 2. The topological polar surface area (TPSA) is 46.3 Å². The third-order valence-electron chi connectivity index (χ3n) is 2.85. The maximum absolute atomic E-state index is 12.2. The minimum atomic E-state index is -0.0443. The van der Waals surface area contributed by atoms with Crippen molar-refractivity contribution in [2.24, 2.45) is 17.1 Å². The summed E-state index contributed by atoms with van der Waals surface area (Å²) < 4.78 is 0. The van der Waals surface area contributed by atoms with Crippen LogP contribution in [0, 0.1) is 11.3 Å². The summed E-state index contributed by atoms with van der Waals surface area (Å²) in [7, 11) is 1.83. The molecule has 0 aliphatic carbocycles. The molecule has 0 rings (SSSR count). The molecule has 0 aliphatic rings. The van der Waals surface area contributed by atoms with Gasteiger partial charge in [-0.3, -0.25) is 4.79 Å². The summed E-state index contributed by atoms with van der Waals surface area (Å²) >= 11 is 0. The molecule has 0 aromatic heterocycles. The summed E-state index contributed by atoms with van der Waals surface area (Å²) in [5.74, 6) is 0.106. The number of rotatable bonds is 8. The van der Waals surface area contributed by atoms with Gasteiger partial charge in [0.1, 0.15) is 0 Å². The Morgan fingerprint density at radius 2 is 1.82 bits per heavy atom. The Morgan fingerprint density at radius 1 is 1.35 bits per heavy atom. The van der Waals surface area contributed by atoms with Gasteiger partial charge in [-0.1, -0.05) is 26.0 Å². The van der Waals surface area contributed by atoms with Gasteiger partial charge in [0, 0.05) is 19.5 Å². The second-order valence-electron chi connectivity index (χ2n) is 5.31. The van der Waals surface area contributed by atoms with Crippen LogP contribution in [0.4, 0.5) is 0 Å². The van der Waals surface area contributed by atoms with Gasteiger partial charge in [-0.2, -0.15) is 0 Å². The van der Waals surface area contributed by atoms with Crippen LogP contribution in [0.1, 0.15) is 26.7 Å². The Bertz CT molecular complexity index is 261. The number of hydrogen-bond acceptors (Lipinski definition) is 2. The molecular formula is C14H26N2O. The lowest BCUT2D eigenvalue weighted by Crippen LogP contribution is -2.42. The molecule has 3 nitrogen and oxygen atoms in total. The second kappa shape index (κ2) is 7.28. The number of carbonyl (C=O) groups excluding carboxylic acids is 1. The lowest BCUT2D eigenvalue weighted by atomic mass is 9.92. The summed E-state index contributed by atoms with van der Waals surface area (Å²) in [6, 6.07) is 0. The lowest BCUT2D eigenvalue weighted by Gasteiger charge is -2.31. The van der Waals surface area contributed by atoms with Crippen molar-refractivity contribution in [2.45, 2.75) is 26.7 Å². The molecule has 0 bridgehead atoms. The molecule has 3 heteroatoms. The first kappa shape index (κ1) is 15.9. The molecule has 0 unspecified atom stereocenters. The van der Waals surface area contributed by atoms with Crippen molar-refractivity contribution in [3.05, 3.63) is 25.3 Å². The third kappa shape index (κ3) is 5.68. The SMILES string of the molecule is C=CCC(CC=C)C(=O)N(C)CC(C)(C)CN. The summed E-state index contributed by atoms with van der Waals surface area (Å²) in [4.78, 5) is 14.0. The van der Waals surface area contributed by atoms with E-state index in [1.165, 1.54) is 0 Å². The number of nitrogens with two attached hydrogens (primary N) is 1. The van der Waals surface area contributed by atoms with Gasteiger partial charge in [-0.15, -0.1) is 13.2 Å². The van der Waals surface area contributed by atoms with Crippen LogP contribution in [0.2, 0.25) is 0 Å². The molecule has 0 aliphatic heterocycles. The predicted molar refractivity (Wildman–Crippen MR) is 73.6 cm³/mol. The van der Waals surface area contributed by atoms with Gasteiger partial charge in [-0.05, 0) is 24.8 Å². The van der Waals surface area contributed by atoms with E-state index in [0.29, 0.717) is 25.9 Å². The smallest absolute Gasteiger partial charge is 0.226 e. The van der Waals surface area contributed by atoms with Crippen molar-refractivity contribution in [1.29, 1.82) is 0 Å². The molecule has 17 heavy (non-hydrogen) atoms. The molecule has 0 radical (unpaired) electrons. The molecule has 0 fully saturated rings. The van der Waals surface area contributed by atoms with Crippen molar-refractivity contribution >= 4 is 5.91 Å². The quantitative estimate of drug-likeness (QED) is 0.659. The molecular weight excluding hydrogens is 212 g/mol. The van der Waals surface area contributed by atoms with Crippen molar-refractivity contribution in [2.75, 3.05) is 20.1 Å². The Labute approximate surface area is 105 Å². The zero-order valence-electron chi connectivity index (χ0n) is 11.4. The lowest BCUT2D eigenvalue weighted by molar-refractivity contribution is -0.135. The Hall–Kier alpha value is -1.09. The molecule has 0 heterocycles. The van der Waals surface area contributed by atoms with Crippen molar-refractivity contribution < 1.29 is 4.79 Å². The monoisotopic (exact) mass is 238 g/mol. The summed E-state index contributed by atoms with van der Waals surface area (Å²) in [6.07, 6.45) is 4.96. The van der Waals surface area contributed by atoms with Gasteiger partial charge < -0.3 is 10.6 Å². The minimum absolute atomic E-state index is 0.0384. The van der Waals surface area contributed by atoms with Crippen LogP contribution in [0.25, 0.3) is 0 Å². The summed E-state index contributed by atoms with van der Waals surface area (Å²) in [5, 5.41) is 0. The van der Waals surface area contributed by atoms with E-state index < -0.39 is 0 Å². The number of carbonyl (C=O) groups is 1. The molecule has 0 saturated carbocycles. The highest BCUT2D eigenvalue weighted by Gasteiger charge is 2.25. The highest BCUT2D eigenvalue weighted by molar-refractivity contribution is 5.79. The number of amides is 1. The van der Waals surface area contributed by atoms with Gasteiger partial charge in [0.25, 0.3) is 0 Å². The fraction of sp³-hybridized carbons (Fsp3) is 0.643. The first-order valence-electron chi connectivity index (χ1n) is 6.04. The van der Waals surface area contributed by atoms with Crippen LogP contribution in [0.5, 0.6) is 0 Å². The van der Waals surface area contributed by atoms with E-state index in [9.17, 15) is 4.79 Å². The van der Waals surface area contributed by atoms with Gasteiger partial charge in [-0.25, -0.2) is 0 Å². The fourth-order valence-corrected chi connectivity index (χ4v) is 1.80. The normalized spacial score (nSPS) is 11.4. The van der Waals surface area contributed by atoms with Crippen LogP contribution in [-0.2, 0) is 4.79 Å². The standard InChI is InChI=1S/C14H26N2O/c1-6-8-12(9-7-2)13(17)16(5)11-14(3,4)10-15/h6-7,12H,1-2,8-11,15H2,3-5H3. The van der Waals surface area contributed by atoms with Crippen LogP contribution in [-0.4, -0.2) is 30.9 Å². The maximum Gasteiger partial charge on any atom is 0.226 e. The van der Waals surface area contributed by atoms with E-state index in [2.05, 4.69) is 27.0 Å². The third-order valence-corrected chi connectivity index (χ3v) is 2.85. The molecule has 0 spiro atoms. The molecule has 2 N–H and O–H groups in total. The van der Waals surface area contributed by atoms with Crippen molar-refractivity contribution in [1.82, 2.24) is 4.90 Å². The van der Waals surface area contributed by atoms with E-state index in [-0.39, 0.29) is 17.2 Å². The largest absolute Gasteiger partial charge is 0.345 e. The van der Waals surface area contributed by atoms with Crippen LogP contribution < -0.4 is 5.73 Å². The van der Waals surface area contributed by atoms with Gasteiger partial charge >= 0.3 is 0 Å². The molecule has 1 amide bonds. The second-order valence-corrected chi connectivity index (χ2v) is 5.31. The number of hydrogen-bond donors (Lipinski definition) is 1. The van der Waals surface area contributed by atoms with Gasteiger partial charge in [0.05, 0.1) is 0 Å². The van der Waals surface area contributed by atoms with Crippen LogP contribution in [0.15, 0.2) is 25.3 Å². The number of nitrogens with zero attached hydrogens (tertiary/aromatic N) is 1. The summed E-state index contributed by atoms with van der Waals surface area (Å²) in [5.41, 5.74) is 5.63. The van der Waals surface area contributed by atoms with E-state index in [4.69, 9.17) is 5.73 Å². The highest BCUT2D eigenvalue weighted by Crippen LogP contribution is 2.18. The Kier molecular flexibility index (Phi) is 6.81. The zero-order chi connectivity index (χ0) is 13.5. The Morgan fingerprint density at radius 3 is 2.18 bits per heavy atom. The maximum atomic E-state index is 12.2. The first-order chi connectivity index (χ1) is 7.87. The Balaban J connectivity index is 4.53. The molecule has 0 atom stereocenters. The van der Waals surface area contributed by atoms with Gasteiger partial charge in [0.2, 0.25) is 5.91 Å². The molecule has 98 valence electrons. The van der Waals surface area contributed by atoms with E-state index in [1.54, 1.807) is 17.1 Å². The van der Waals surface area contributed by atoms with Crippen LogP contribution in [0.3, 0.4) is 0 Å². The highest BCUT2D eigenvalue weighted by atomic mass is 16.2. The van der Waals surface area contributed by atoms with Gasteiger partial charge in [0.15, 0.2) is 0 Å². The minimum Gasteiger partial charge on any atom is -0.345 e. The van der Waals surface area contributed by atoms with Crippen molar-refractivity contribution in [3.8, 4) is 0 Å². The van der Waals surface area contributed by atoms with Crippen molar-refractivity contribution in [3.63, 3.8) is 0 Å². The first-order valence-corrected chi connectivity index (χ1v) is 6.04.